The monoisotopic (exact) mass is 189 g/mol. The molecule has 0 unspecified atom stereocenters. The molecule has 0 aliphatic rings. The average Bonchev–Trinajstić information content (AvgIpc) is 2.26. The van der Waals surface area contributed by atoms with E-state index in [4.69, 9.17) is 11.6 Å². The lowest BCUT2D eigenvalue weighted by atomic mass is 10.4. The second-order valence-electron chi connectivity index (χ2n) is 2.25. The Kier molecular flexibility index (Phi) is 2.28. The van der Waals surface area contributed by atoms with E-state index in [1.54, 1.807) is 7.05 Å². The van der Waals surface area contributed by atoms with Crippen LogP contribution in [0.4, 0.5) is 0 Å². The number of nitrogens with zero attached hydrogens (tertiary/aromatic N) is 1. The van der Waals surface area contributed by atoms with Crippen LogP contribution in [0.15, 0.2) is 6.07 Å². The van der Waals surface area contributed by atoms with E-state index in [0.717, 1.165) is 0 Å². The molecule has 0 spiro atoms. The first kappa shape index (κ1) is 8.93. The van der Waals surface area contributed by atoms with Crippen LogP contribution >= 0.6 is 11.6 Å². The van der Waals surface area contributed by atoms with Crippen molar-refractivity contribution < 1.29 is 14.6 Å². The largest absolute Gasteiger partial charge is 0.505 e. The molecule has 0 atom stereocenters. The zero-order chi connectivity index (χ0) is 9.30. The molecule has 4 nitrogen and oxygen atoms in total. The standard InChI is InChI=1S/C7H8ClNO3/c1-9-5(8)3-4(10)6(9)7(11)12-2/h3,10H,1-2H3. The average molecular weight is 190 g/mol. The summed E-state index contributed by atoms with van der Waals surface area (Å²) in [6.07, 6.45) is 0. The molecule has 66 valence electrons. The third-order valence-electron chi connectivity index (χ3n) is 1.53. The summed E-state index contributed by atoms with van der Waals surface area (Å²) in [5.41, 5.74) is 0.0579. The van der Waals surface area contributed by atoms with Crippen LogP contribution in [0.3, 0.4) is 0 Å². The summed E-state index contributed by atoms with van der Waals surface area (Å²) in [5, 5.41) is 9.49. The van der Waals surface area contributed by atoms with Crippen LogP contribution in [0.2, 0.25) is 5.15 Å². The molecule has 1 N–H and O–H groups in total. The molecule has 0 saturated carbocycles. The summed E-state index contributed by atoms with van der Waals surface area (Å²) < 4.78 is 5.78. The Labute approximate surface area is 74.3 Å². The van der Waals surface area contributed by atoms with Gasteiger partial charge in [-0.15, -0.1) is 0 Å². The van der Waals surface area contributed by atoms with Crippen molar-refractivity contribution in [3.63, 3.8) is 0 Å². The van der Waals surface area contributed by atoms with E-state index >= 15 is 0 Å². The maximum atomic E-state index is 11.0. The summed E-state index contributed by atoms with van der Waals surface area (Å²) in [6, 6.07) is 1.29. The summed E-state index contributed by atoms with van der Waals surface area (Å²) in [6.45, 7) is 0. The van der Waals surface area contributed by atoms with Crippen molar-refractivity contribution in [2.45, 2.75) is 0 Å². The maximum Gasteiger partial charge on any atom is 0.358 e. The first-order valence-corrected chi connectivity index (χ1v) is 3.58. The Bertz CT molecular complexity index is 319. The van der Waals surface area contributed by atoms with Crippen LogP contribution in [0.5, 0.6) is 5.75 Å². The smallest absolute Gasteiger partial charge is 0.358 e. The highest BCUT2D eigenvalue weighted by Crippen LogP contribution is 2.25. The van der Waals surface area contributed by atoms with Gasteiger partial charge in [-0.1, -0.05) is 11.6 Å². The van der Waals surface area contributed by atoms with Crippen molar-refractivity contribution >= 4 is 17.6 Å². The van der Waals surface area contributed by atoms with Gasteiger partial charge in [-0.2, -0.15) is 0 Å². The summed E-state index contributed by atoms with van der Waals surface area (Å²) in [7, 11) is 2.80. The summed E-state index contributed by atoms with van der Waals surface area (Å²) >= 11 is 5.63. The quantitative estimate of drug-likeness (QED) is 0.675. The van der Waals surface area contributed by atoms with Gasteiger partial charge in [-0.25, -0.2) is 4.79 Å². The van der Waals surface area contributed by atoms with Gasteiger partial charge in [-0.3, -0.25) is 0 Å². The molecule has 0 amide bonds. The number of methoxy groups -OCH3 is 1. The molecule has 0 radical (unpaired) electrons. The minimum Gasteiger partial charge on any atom is -0.505 e. The Morgan fingerprint density at radius 1 is 1.75 bits per heavy atom. The van der Waals surface area contributed by atoms with Crippen LogP contribution in [0.25, 0.3) is 0 Å². The Morgan fingerprint density at radius 3 is 2.67 bits per heavy atom. The fourth-order valence-corrected chi connectivity index (χ4v) is 1.08. The first-order valence-electron chi connectivity index (χ1n) is 3.20. The van der Waals surface area contributed by atoms with Gasteiger partial charge >= 0.3 is 5.97 Å². The van der Waals surface area contributed by atoms with Crippen LogP contribution in [0, 0.1) is 0 Å². The summed E-state index contributed by atoms with van der Waals surface area (Å²) in [4.78, 5) is 11.0. The van der Waals surface area contributed by atoms with E-state index in [2.05, 4.69) is 4.74 Å². The lowest BCUT2D eigenvalue weighted by Gasteiger charge is -2.01. The highest BCUT2D eigenvalue weighted by molar-refractivity contribution is 6.30. The van der Waals surface area contributed by atoms with Crippen LogP contribution in [-0.4, -0.2) is 22.8 Å². The van der Waals surface area contributed by atoms with Gasteiger partial charge < -0.3 is 14.4 Å². The third-order valence-corrected chi connectivity index (χ3v) is 1.90. The molecule has 12 heavy (non-hydrogen) atoms. The third kappa shape index (κ3) is 1.25. The molecule has 0 aromatic carbocycles. The number of aromatic hydroxyl groups is 1. The highest BCUT2D eigenvalue weighted by Gasteiger charge is 2.18. The molecule has 0 saturated heterocycles. The van der Waals surface area contributed by atoms with Gasteiger partial charge in [0.1, 0.15) is 10.9 Å². The van der Waals surface area contributed by atoms with E-state index in [9.17, 15) is 9.90 Å². The fraction of sp³-hybridized carbons (Fsp3) is 0.286. The molecule has 0 fully saturated rings. The van der Waals surface area contributed by atoms with Crippen LogP contribution < -0.4 is 0 Å². The van der Waals surface area contributed by atoms with Crippen molar-refractivity contribution in [1.29, 1.82) is 0 Å². The Morgan fingerprint density at radius 2 is 2.33 bits per heavy atom. The molecule has 1 heterocycles. The highest BCUT2D eigenvalue weighted by atomic mass is 35.5. The predicted octanol–water partition coefficient (Wildman–Crippen LogP) is 1.17. The molecule has 1 aromatic rings. The van der Waals surface area contributed by atoms with E-state index in [0.29, 0.717) is 0 Å². The molecule has 5 heteroatoms. The maximum absolute atomic E-state index is 11.0. The van der Waals surface area contributed by atoms with Crippen molar-refractivity contribution in [1.82, 2.24) is 4.57 Å². The lowest BCUT2D eigenvalue weighted by molar-refractivity contribution is 0.0586. The molecule has 1 rings (SSSR count). The van der Waals surface area contributed by atoms with Crippen molar-refractivity contribution in [3.8, 4) is 5.75 Å². The van der Waals surface area contributed by atoms with Gasteiger partial charge in [0.15, 0.2) is 5.69 Å². The van der Waals surface area contributed by atoms with Crippen molar-refractivity contribution in [2.24, 2.45) is 7.05 Å². The van der Waals surface area contributed by atoms with Crippen LogP contribution in [-0.2, 0) is 11.8 Å². The van der Waals surface area contributed by atoms with Gasteiger partial charge in [0.05, 0.1) is 7.11 Å². The van der Waals surface area contributed by atoms with Crippen molar-refractivity contribution in [3.05, 3.63) is 16.9 Å². The van der Waals surface area contributed by atoms with Crippen molar-refractivity contribution in [2.75, 3.05) is 7.11 Å². The lowest BCUT2D eigenvalue weighted by Crippen LogP contribution is -2.07. The van der Waals surface area contributed by atoms with E-state index < -0.39 is 5.97 Å². The zero-order valence-electron chi connectivity index (χ0n) is 6.67. The van der Waals surface area contributed by atoms with Gasteiger partial charge in [0.25, 0.3) is 0 Å². The van der Waals surface area contributed by atoms with Crippen LogP contribution in [0.1, 0.15) is 10.5 Å². The molecular formula is C7H8ClNO3. The second kappa shape index (κ2) is 3.06. The number of hydrogen-bond acceptors (Lipinski definition) is 3. The van der Waals surface area contributed by atoms with E-state index in [-0.39, 0.29) is 16.6 Å². The number of rotatable bonds is 1. The minimum atomic E-state index is -0.609. The SMILES string of the molecule is COC(=O)c1c(O)cc(Cl)n1C. The topological polar surface area (TPSA) is 51.5 Å². The predicted molar refractivity (Wildman–Crippen MR) is 43.4 cm³/mol. The number of carbonyl (C=O) groups excluding carboxylic acids is 1. The van der Waals surface area contributed by atoms with Gasteiger partial charge in [0.2, 0.25) is 0 Å². The molecule has 0 aliphatic heterocycles. The molecule has 0 bridgehead atoms. The zero-order valence-corrected chi connectivity index (χ0v) is 7.42. The normalized spacial score (nSPS) is 9.92. The number of aromatic nitrogens is 1. The number of carbonyl (C=O) groups is 1. The fourth-order valence-electron chi connectivity index (χ4n) is 0.895. The molecular weight excluding hydrogens is 182 g/mol. The number of esters is 1. The van der Waals surface area contributed by atoms with E-state index in [1.807, 2.05) is 0 Å². The molecule has 1 aromatic heterocycles. The summed E-state index contributed by atoms with van der Waals surface area (Å²) in [5.74, 6) is -0.781. The van der Waals surface area contributed by atoms with Gasteiger partial charge in [0, 0.05) is 13.1 Å². The minimum absolute atomic E-state index is 0.0579. The number of ether oxygens (including phenoxy) is 1. The first-order chi connectivity index (χ1) is 5.57. The second-order valence-corrected chi connectivity index (χ2v) is 2.64. The Balaban J connectivity index is 3.22. The van der Waals surface area contributed by atoms with E-state index in [1.165, 1.54) is 17.7 Å². The number of hydrogen-bond donors (Lipinski definition) is 1. The van der Waals surface area contributed by atoms with Gasteiger partial charge in [-0.05, 0) is 0 Å². The Hall–Kier alpha value is -1.16. The number of halogens is 1. The molecule has 0 aliphatic carbocycles.